The molecule has 16 heavy (non-hydrogen) atoms. The Morgan fingerprint density at radius 3 is 2.62 bits per heavy atom. The summed E-state index contributed by atoms with van der Waals surface area (Å²) < 4.78 is 5.95. The van der Waals surface area contributed by atoms with Gasteiger partial charge in [-0.25, -0.2) is 0 Å². The number of hydrogen-bond acceptors (Lipinski definition) is 1. The Balaban J connectivity index is 2.27. The molecule has 0 unspecified atom stereocenters. The lowest BCUT2D eigenvalue weighted by Crippen LogP contribution is -2.29. The molecule has 0 aliphatic carbocycles. The maximum Gasteiger partial charge on any atom is 0.0892 e. The molecule has 1 fully saturated rings. The molecule has 0 amide bonds. The van der Waals surface area contributed by atoms with Gasteiger partial charge in [0.1, 0.15) is 0 Å². The first kappa shape index (κ1) is 11.4. The molecular formula is C15H20O. The lowest BCUT2D eigenvalue weighted by atomic mass is 9.78. The maximum atomic E-state index is 5.95. The number of hydrogen-bond donors (Lipinski definition) is 0. The van der Waals surface area contributed by atoms with E-state index in [2.05, 4.69) is 44.7 Å². The second kappa shape index (κ2) is 4.84. The molecule has 1 saturated heterocycles. The van der Waals surface area contributed by atoms with E-state index in [9.17, 15) is 0 Å². The average molecular weight is 216 g/mol. The fourth-order valence-corrected chi connectivity index (χ4v) is 2.65. The van der Waals surface area contributed by atoms with Gasteiger partial charge in [-0.05, 0) is 24.8 Å². The summed E-state index contributed by atoms with van der Waals surface area (Å²) in [5, 5.41) is 0. The third-order valence-electron chi connectivity index (χ3n) is 3.51. The van der Waals surface area contributed by atoms with Crippen molar-refractivity contribution in [3.63, 3.8) is 0 Å². The van der Waals surface area contributed by atoms with Crippen molar-refractivity contribution in [2.45, 2.75) is 26.4 Å². The van der Waals surface area contributed by atoms with Crippen LogP contribution in [-0.4, -0.2) is 6.61 Å². The standard InChI is InChI=1S/C15H20O/c1-11(2)14-12(3)9-10-16-15(14)13-7-5-4-6-8-13/h4-8,12,14-15H,1,9-10H2,2-3H3/t12-,14+,15-/m0/s1. The zero-order chi connectivity index (χ0) is 11.5. The minimum absolute atomic E-state index is 0.197. The van der Waals surface area contributed by atoms with Crippen LogP contribution in [-0.2, 0) is 4.74 Å². The second-order valence-electron chi connectivity index (χ2n) is 4.84. The highest BCUT2D eigenvalue weighted by Gasteiger charge is 2.32. The Labute approximate surface area is 98.1 Å². The fourth-order valence-electron chi connectivity index (χ4n) is 2.65. The van der Waals surface area contributed by atoms with Crippen LogP contribution in [0.3, 0.4) is 0 Å². The van der Waals surface area contributed by atoms with E-state index in [1.165, 1.54) is 11.1 Å². The smallest absolute Gasteiger partial charge is 0.0892 e. The van der Waals surface area contributed by atoms with Gasteiger partial charge in [-0.1, -0.05) is 49.4 Å². The summed E-state index contributed by atoms with van der Waals surface area (Å²) >= 11 is 0. The van der Waals surface area contributed by atoms with Crippen molar-refractivity contribution in [1.29, 1.82) is 0 Å². The van der Waals surface area contributed by atoms with E-state index < -0.39 is 0 Å². The molecule has 0 radical (unpaired) electrons. The SMILES string of the molecule is C=C(C)[C@@H]1[C@@H](C)CCO[C@H]1c1ccccc1. The maximum absolute atomic E-state index is 5.95. The van der Waals surface area contributed by atoms with Gasteiger partial charge in [-0.3, -0.25) is 0 Å². The molecule has 0 saturated carbocycles. The molecule has 1 aliphatic rings. The van der Waals surface area contributed by atoms with E-state index >= 15 is 0 Å². The summed E-state index contributed by atoms with van der Waals surface area (Å²) in [6, 6.07) is 10.5. The normalized spacial score (nSPS) is 30.0. The molecule has 1 heteroatoms. The van der Waals surface area contributed by atoms with Gasteiger partial charge in [0.15, 0.2) is 0 Å². The third-order valence-corrected chi connectivity index (χ3v) is 3.51. The van der Waals surface area contributed by atoms with E-state index in [1.807, 2.05) is 6.07 Å². The van der Waals surface area contributed by atoms with Crippen LogP contribution in [0.4, 0.5) is 0 Å². The van der Waals surface area contributed by atoms with Crippen LogP contribution in [0.2, 0.25) is 0 Å². The summed E-state index contributed by atoms with van der Waals surface area (Å²) in [4.78, 5) is 0. The van der Waals surface area contributed by atoms with Gasteiger partial charge < -0.3 is 4.74 Å². The van der Waals surface area contributed by atoms with E-state index in [0.29, 0.717) is 11.8 Å². The molecule has 1 aromatic rings. The minimum atomic E-state index is 0.197. The van der Waals surface area contributed by atoms with Crippen molar-refractivity contribution in [2.24, 2.45) is 11.8 Å². The molecule has 86 valence electrons. The van der Waals surface area contributed by atoms with Crippen LogP contribution in [0.1, 0.15) is 31.9 Å². The van der Waals surface area contributed by atoms with Gasteiger partial charge in [0.25, 0.3) is 0 Å². The number of rotatable bonds is 2. The highest BCUT2D eigenvalue weighted by Crippen LogP contribution is 2.40. The Morgan fingerprint density at radius 2 is 2.00 bits per heavy atom. The van der Waals surface area contributed by atoms with Crippen molar-refractivity contribution < 1.29 is 4.74 Å². The quantitative estimate of drug-likeness (QED) is 0.679. The van der Waals surface area contributed by atoms with Crippen LogP contribution in [0.25, 0.3) is 0 Å². The average Bonchev–Trinajstić information content (AvgIpc) is 2.29. The third kappa shape index (κ3) is 2.19. The Morgan fingerprint density at radius 1 is 1.31 bits per heavy atom. The van der Waals surface area contributed by atoms with E-state index in [1.54, 1.807) is 0 Å². The highest BCUT2D eigenvalue weighted by atomic mass is 16.5. The molecule has 1 aliphatic heterocycles. The molecule has 3 atom stereocenters. The van der Waals surface area contributed by atoms with Gasteiger partial charge in [-0.15, -0.1) is 0 Å². The molecular weight excluding hydrogens is 196 g/mol. The molecule has 0 bridgehead atoms. The molecule has 0 spiro atoms. The summed E-state index contributed by atoms with van der Waals surface area (Å²) in [6.45, 7) is 9.41. The van der Waals surface area contributed by atoms with Crippen LogP contribution < -0.4 is 0 Å². The topological polar surface area (TPSA) is 9.23 Å². The summed E-state index contributed by atoms with van der Waals surface area (Å²) in [5.41, 5.74) is 2.52. The van der Waals surface area contributed by atoms with Crippen molar-refractivity contribution in [1.82, 2.24) is 0 Å². The predicted molar refractivity (Wildman–Crippen MR) is 67.2 cm³/mol. The Hall–Kier alpha value is -1.08. The van der Waals surface area contributed by atoms with Crippen LogP contribution in [0, 0.1) is 11.8 Å². The zero-order valence-corrected chi connectivity index (χ0v) is 10.1. The van der Waals surface area contributed by atoms with Crippen LogP contribution in [0.15, 0.2) is 42.5 Å². The van der Waals surface area contributed by atoms with Gasteiger partial charge in [0.05, 0.1) is 6.10 Å². The Bertz CT molecular complexity index is 355. The first-order valence-electron chi connectivity index (χ1n) is 6.02. The first-order chi connectivity index (χ1) is 7.70. The summed E-state index contributed by atoms with van der Waals surface area (Å²) in [7, 11) is 0. The summed E-state index contributed by atoms with van der Waals surface area (Å²) in [6.07, 6.45) is 1.34. The molecule has 2 rings (SSSR count). The lowest BCUT2D eigenvalue weighted by molar-refractivity contribution is -0.0412. The van der Waals surface area contributed by atoms with Gasteiger partial charge >= 0.3 is 0 Å². The minimum Gasteiger partial charge on any atom is -0.373 e. The van der Waals surface area contributed by atoms with Crippen molar-refractivity contribution in [2.75, 3.05) is 6.61 Å². The number of benzene rings is 1. The van der Waals surface area contributed by atoms with E-state index in [-0.39, 0.29) is 6.10 Å². The number of ether oxygens (including phenoxy) is 1. The van der Waals surface area contributed by atoms with E-state index in [0.717, 1.165) is 13.0 Å². The van der Waals surface area contributed by atoms with Crippen molar-refractivity contribution >= 4 is 0 Å². The first-order valence-corrected chi connectivity index (χ1v) is 6.02. The van der Waals surface area contributed by atoms with Crippen molar-refractivity contribution in [3.05, 3.63) is 48.0 Å². The summed E-state index contributed by atoms with van der Waals surface area (Å²) in [5.74, 6) is 1.12. The fraction of sp³-hybridized carbons (Fsp3) is 0.467. The zero-order valence-electron chi connectivity index (χ0n) is 10.1. The van der Waals surface area contributed by atoms with Crippen molar-refractivity contribution in [3.8, 4) is 0 Å². The molecule has 1 aromatic carbocycles. The highest BCUT2D eigenvalue weighted by molar-refractivity contribution is 5.22. The van der Waals surface area contributed by atoms with Gasteiger partial charge in [-0.2, -0.15) is 0 Å². The largest absolute Gasteiger partial charge is 0.373 e. The van der Waals surface area contributed by atoms with Gasteiger partial charge in [0, 0.05) is 12.5 Å². The monoisotopic (exact) mass is 216 g/mol. The molecule has 0 N–H and O–H groups in total. The predicted octanol–water partition coefficient (Wildman–Crippen LogP) is 3.98. The Kier molecular flexibility index (Phi) is 3.45. The van der Waals surface area contributed by atoms with Crippen LogP contribution in [0.5, 0.6) is 0 Å². The van der Waals surface area contributed by atoms with Gasteiger partial charge in [0.2, 0.25) is 0 Å². The molecule has 1 nitrogen and oxygen atoms in total. The lowest BCUT2D eigenvalue weighted by Gasteiger charge is -2.37. The van der Waals surface area contributed by atoms with E-state index in [4.69, 9.17) is 4.74 Å². The van der Waals surface area contributed by atoms with Crippen LogP contribution >= 0.6 is 0 Å². The second-order valence-corrected chi connectivity index (χ2v) is 4.84. The molecule has 1 heterocycles. The molecule has 0 aromatic heterocycles.